The molecule has 0 bridgehead atoms. The van der Waals surface area contributed by atoms with E-state index < -0.39 is 0 Å². The highest BCUT2D eigenvalue weighted by atomic mass is 79.9. The van der Waals surface area contributed by atoms with Crippen molar-refractivity contribution in [1.82, 2.24) is 10.3 Å². The maximum absolute atomic E-state index is 13.2. The van der Waals surface area contributed by atoms with E-state index in [2.05, 4.69) is 26.2 Å². The molecule has 0 fully saturated rings. The lowest BCUT2D eigenvalue weighted by molar-refractivity contribution is 0.596. The molecule has 2 nitrogen and oxygen atoms in total. The van der Waals surface area contributed by atoms with Gasteiger partial charge in [0.25, 0.3) is 0 Å². The highest BCUT2D eigenvalue weighted by Gasteiger charge is 2.13. The van der Waals surface area contributed by atoms with Gasteiger partial charge in [0.1, 0.15) is 5.82 Å². The Kier molecular flexibility index (Phi) is 4.44. The Hall–Kier alpha value is -1.26. The van der Waals surface area contributed by atoms with E-state index in [1.807, 2.05) is 31.2 Å². The summed E-state index contributed by atoms with van der Waals surface area (Å²) in [6, 6.07) is 9.47. The second kappa shape index (κ2) is 6.07. The van der Waals surface area contributed by atoms with Gasteiger partial charge in [-0.2, -0.15) is 0 Å². The van der Waals surface area contributed by atoms with E-state index in [0.717, 1.165) is 22.1 Å². The zero-order valence-corrected chi connectivity index (χ0v) is 11.6. The second-order valence-corrected chi connectivity index (χ2v) is 4.89. The highest BCUT2D eigenvalue weighted by Crippen LogP contribution is 2.23. The molecule has 0 amide bonds. The molecule has 0 aliphatic rings. The molecule has 0 aliphatic heterocycles. The molecule has 0 spiro atoms. The van der Waals surface area contributed by atoms with Crippen molar-refractivity contribution in [1.29, 1.82) is 0 Å². The van der Waals surface area contributed by atoms with Crippen LogP contribution in [0.25, 0.3) is 0 Å². The normalized spacial score (nSPS) is 12.4. The van der Waals surface area contributed by atoms with Crippen LogP contribution in [-0.2, 0) is 0 Å². The summed E-state index contributed by atoms with van der Waals surface area (Å²) in [5.74, 6) is -0.312. The predicted octanol–water partition coefficient (Wildman–Crippen LogP) is 3.68. The van der Waals surface area contributed by atoms with Gasteiger partial charge in [-0.1, -0.05) is 35.0 Å². The van der Waals surface area contributed by atoms with Crippen LogP contribution in [0, 0.1) is 5.82 Å². The van der Waals surface area contributed by atoms with E-state index in [-0.39, 0.29) is 11.9 Å². The fourth-order valence-electron chi connectivity index (χ4n) is 1.87. The van der Waals surface area contributed by atoms with Crippen LogP contribution in [0.3, 0.4) is 0 Å². The summed E-state index contributed by atoms with van der Waals surface area (Å²) in [5.41, 5.74) is 1.92. The predicted molar refractivity (Wildman–Crippen MR) is 73.9 cm³/mol. The Labute approximate surface area is 114 Å². The van der Waals surface area contributed by atoms with Crippen LogP contribution in [0.15, 0.2) is 47.2 Å². The molecule has 0 saturated heterocycles. The topological polar surface area (TPSA) is 24.9 Å². The number of hydrogen-bond donors (Lipinski definition) is 1. The molecule has 18 heavy (non-hydrogen) atoms. The molecule has 0 aliphatic carbocycles. The van der Waals surface area contributed by atoms with Crippen molar-refractivity contribution in [2.24, 2.45) is 0 Å². The maximum atomic E-state index is 13.2. The smallest absolute Gasteiger partial charge is 0.141 e. The van der Waals surface area contributed by atoms with Crippen LogP contribution in [0.2, 0.25) is 0 Å². The molecule has 2 aromatic rings. The van der Waals surface area contributed by atoms with Gasteiger partial charge in [0.05, 0.1) is 12.2 Å². The van der Waals surface area contributed by atoms with Crippen LogP contribution in [0.1, 0.15) is 24.1 Å². The molecule has 0 radical (unpaired) electrons. The number of pyridine rings is 1. The lowest BCUT2D eigenvalue weighted by Gasteiger charge is -2.18. The molecular formula is C14H14BrFN2. The molecule has 1 heterocycles. The molecule has 1 aromatic carbocycles. The van der Waals surface area contributed by atoms with Crippen LogP contribution >= 0.6 is 15.9 Å². The fourth-order valence-corrected chi connectivity index (χ4v) is 2.14. The third-order valence-electron chi connectivity index (χ3n) is 2.67. The average Bonchev–Trinajstić information content (AvgIpc) is 2.37. The number of aromatic nitrogens is 1. The van der Waals surface area contributed by atoms with Crippen molar-refractivity contribution in [2.45, 2.75) is 13.0 Å². The molecule has 4 heteroatoms. The Balaban J connectivity index is 2.36. The van der Waals surface area contributed by atoms with Crippen molar-refractivity contribution in [3.63, 3.8) is 0 Å². The van der Waals surface area contributed by atoms with Crippen LogP contribution in [0.5, 0.6) is 0 Å². The van der Waals surface area contributed by atoms with Crippen molar-refractivity contribution in [2.75, 3.05) is 6.54 Å². The number of halogens is 2. The standard InChI is InChI=1S/C14H14BrFN2/c1-2-18-14(10-3-5-12(15)6-4-10)11-7-13(16)9-17-8-11/h3-9,14,18H,2H2,1H3. The summed E-state index contributed by atoms with van der Waals surface area (Å²) < 4.78 is 14.3. The maximum Gasteiger partial charge on any atom is 0.141 e. The first kappa shape index (κ1) is 13.2. The van der Waals surface area contributed by atoms with Gasteiger partial charge < -0.3 is 5.32 Å². The van der Waals surface area contributed by atoms with Crippen molar-refractivity contribution >= 4 is 15.9 Å². The number of nitrogens with one attached hydrogen (secondary N) is 1. The van der Waals surface area contributed by atoms with Gasteiger partial charge in [0.2, 0.25) is 0 Å². The summed E-state index contributed by atoms with van der Waals surface area (Å²) in [5, 5.41) is 3.34. The third kappa shape index (κ3) is 3.15. The van der Waals surface area contributed by atoms with E-state index in [1.54, 1.807) is 6.20 Å². The summed E-state index contributed by atoms with van der Waals surface area (Å²) in [7, 11) is 0. The van der Waals surface area contributed by atoms with Gasteiger partial charge in [0.15, 0.2) is 0 Å². The monoisotopic (exact) mass is 308 g/mol. The van der Waals surface area contributed by atoms with Crippen LogP contribution < -0.4 is 5.32 Å². The minimum atomic E-state index is -0.312. The third-order valence-corrected chi connectivity index (χ3v) is 3.20. The van der Waals surface area contributed by atoms with Crippen molar-refractivity contribution in [3.05, 3.63) is 64.1 Å². The van der Waals surface area contributed by atoms with Crippen molar-refractivity contribution < 1.29 is 4.39 Å². The molecule has 2 rings (SSSR count). The Bertz CT molecular complexity index is 513. The summed E-state index contributed by atoms with van der Waals surface area (Å²) in [6.45, 7) is 2.83. The number of nitrogens with zero attached hydrogens (tertiary/aromatic N) is 1. The van der Waals surface area contributed by atoms with E-state index in [0.29, 0.717) is 0 Å². The second-order valence-electron chi connectivity index (χ2n) is 3.98. The van der Waals surface area contributed by atoms with Crippen molar-refractivity contribution in [3.8, 4) is 0 Å². The van der Waals surface area contributed by atoms with Crippen LogP contribution in [0.4, 0.5) is 4.39 Å². The lowest BCUT2D eigenvalue weighted by Crippen LogP contribution is -2.22. The van der Waals surface area contributed by atoms with Crippen LogP contribution in [-0.4, -0.2) is 11.5 Å². The molecule has 1 aromatic heterocycles. The zero-order valence-electron chi connectivity index (χ0n) is 10.0. The first-order valence-corrected chi connectivity index (χ1v) is 6.59. The van der Waals surface area contributed by atoms with E-state index in [1.165, 1.54) is 12.3 Å². The SMILES string of the molecule is CCNC(c1ccc(Br)cc1)c1cncc(F)c1. The van der Waals surface area contributed by atoms with Gasteiger partial charge in [-0.25, -0.2) is 4.39 Å². The average molecular weight is 309 g/mol. The molecule has 94 valence electrons. The molecule has 1 unspecified atom stereocenters. The first-order chi connectivity index (χ1) is 8.70. The quantitative estimate of drug-likeness (QED) is 0.932. The summed E-state index contributed by atoms with van der Waals surface area (Å²) in [4.78, 5) is 3.91. The van der Waals surface area contributed by atoms with E-state index >= 15 is 0 Å². The van der Waals surface area contributed by atoms with Gasteiger partial charge in [-0.3, -0.25) is 4.98 Å². The Morgan fingerprint density at radius 1 is 1.22 bits per heavy atom. The minimum absolute atomic E-state index is 0.0358. The van der Waals surface area contributed by atoms with Gasteiger partial charge in [-0.15, -0.1) is 0 Å². The van der Waals surface area contributed by atoms with Gasteiger partial charge in [-0.05, 0) is 35.9 Å². The number of rotatable bonds is 4. The Morgan fingerprint density at radius 3 is 2.56 bits per heavy atom. The van der Waals surface area contributed by atoms with Gasteiger partial charge >= 0.3 is 0 Å². The highest BCUT2D eigenvalue weighted by molar-refractivity contribution is 9.10. The fraction of sp³-hybridized carbons (Fsp3) is 0.214. The molecular weight excluding hydrogens is 295 g/mol. The molecule has 1 atom stereocenters. The molecule has 0 saturated carbocycles. The lowest BCUT2D eigenvalue weighted by atomic mass is 10.0. The number of hydrogen-bond acceptors (Lipinski definition) is 2. The number of benzene rings is 1. The Morgan fingerprint density at radius 2 is 1.94 bits per heavy atom. The summed E-state index contributed by atoms with van der Waals surface area (Å²) in [6.07, 6.45) is 2.91. The largest absolute Gasteiger partial charge is 0.306 e. The minimum Gasteiger partial charge on any atom is -0.306 e. The molecule has 1 N–H and O–H groups in total. The zero-order chi connectivity index (χ0) is 13.0. The van der Waals surface area contributed by atoms with E-state index in [9.17, 15) is 4.39 Å². The summed E-state index contributed by atoms with van der Waals surface area (Å²) >= 11 is 3.41. The van der Waals surface area contributed by atoms with E-state index in [4.69, 9.17) is 0 Å². The van der Waals surface area contributed by atoms with Gasteiger partial charge in [0, 0.05) is 10.7 Å². The first-order valence-electron chi connectivity index (χ1n) is 5.80.